The van der Waals surface area contributed by atoms with E-state index in [1.807, 2.05) is 12.2 Å². The first-order valence-electron chi connectivity index (χ1n) is 8.27. The maximum atomic E-state index is 6.31. The van der Waals surface area contributed by atoms with Crippen LogP contribution in [0.1, 0.15) is 51.7 Å². The van der Waals surface area contributed by atoms with E-state index in [0.29, 0.717) is 5.92 Å². The van der Waals surface area contributed by atoms with Gasteiger partial charge in [0.2, 0.25) is 3.79 Å². The molecule has 0 radical (unpaired) electrons. The van der Waals surface area contributed by atoms with Gasteiger partial charge in [-0.15, -0.1) is 0 Å². The lowest BCUT2D eigenvalue weighted by Crippen LogP contribution is -2.46. The molecule has 1 aromatic rings. The van der Waals surface area contributed by atoms with Gasteiger partial charge < -0.3 is 4.43 Å². The number of hydrogen-bond acceptors (Lipinski definition) is 1. The Morgan fingerprint density at radius 3 is 1.88 bits per heavy atom. The molecule has 0 saturated carbocycles. The van der Waals surface area contributed by atoms with Crippen molar-refractivity contribution in [2.24, 2.45) is 0 Å². The minimum Gasteiger partial charge on any atom is -0.406 e. The van der Waals surface area contributed by atoms with Crippen molar-refractivity contribution in [1.29, 1.82) is 0 Å². The third-order valence-electron chi connectivity index (χ3n) is 4.62. The summed E-state index contributed by atoms with van der Waals surface area (Å²) in [4.78, 5) is 0. The normalized spacial score (nSPS) is 15.3. The van der Waals surface area contributed by atoms with E-state index in [0.717, 1.165) is 5.56 Å². The number of alkyl halides is 3. The monoisotopic (exact) mass is 406 g/mol. The first kappa shape index (κ1) is 22.0. The van der Waals surface area contributed by atoms with Crippen LogP contribution in [0.15, 0.2) is 30.3 Å². The van der Waals surface area contributed by atoms with Crippen LogP contribution in [-0.4, -0.2) is 18.2 Å². The number of halogens is 3. The molecule has 0 aliphatic carbocycles. The molecule has 0 fully saturated rings. The SMILES string of the molecule is CC(C)c1ccc(/C=C/C(O[Si](C)(C)C(C)(C)C)C(Cl)(Cl)Cl)cc1. The molecule has 0 spiro atoms. The third kappa shape index (κ3) is 6.38. The van der Waals surface area contributed by atoms with Gasteiger partial charge in [0.05, 0.1) is 0 Å². The van der Waals surface area contributed by atoms with Crippen molar-refractivity contribution in [3.8, 4) is 0 Å². The number of hydrogen-bond donors (Lipinski definition) is 0. The molecular weight excluding hydrogens is 379 g/mol. The smallest absolute Gasteiger partial charge is 0.218 e. The summed E-state index contributed by atoms with van der Waals surface area (Å²) in [6, 6.07) is 8.41. The van der Waals surface area contributed by atoms with Crippen molar-refractivity contribution in [2.75, 3.05) is 0 Å². The number of benzene rings is 1. The van der Waals surface area contributed by atoms with E-state index in [1.54, 1.807) is 0 Å². The fourth-order valence-corrected chi connectivity index (χ4v) is 3.72. The first-order valence-corrected chi connectivity index (χ1v) is 12.3. The summed E-state index contributed by atoms with van der Waals surface area (Å²) < 4.78 is 4.81. The van der Waals surface area contributed by atoms with E-state index in [1.165, 1.54) is 5.56 Å². The summed E-state index contributed by atoms with van der Waals surface area (Å²) in [6.45, 7) is 15.2. The fourth-order valence-electron chi connectivity index (χ4n) is 1.90. The van der Waals surface area contributed by atoms with Gasteiger partial charge in [0.15, 0.2) is 8.32 Å². The maximum Gasteiger partial charge on any atom is 0.218 e. The lowest BCUT2D eigenvalue weighted by Gasteiger charge is -2.40. The largest absolute Gasteiger partial charge is 0.406 e. The van der Waals surface area contributed by atoms with E-state index in [9.17, 15) is 0 Å². The minimum absolute atomic E-state index is 0.0495. The Kier molecular flexibility index (Phi) is 7.47. The summed E-state index contributed by atoms with van der Waals surface area (Å²) in [5.41, 5.74) is 2.38. The van der Waals surface area contributed by atoms with Gasteiger partial charge in [0.1, 0.15) is 6.10 Å². The maximum absolute atomic E-state index is 6.31. The molecule has 1 nitrogen and oxygen atoms in total. The third-order valence-corrected chi connectivity index (χ3v) is 9.72. The van der Waals surface area contributed by atoms with Crippen LogP contribution in [0.3, 0.4) is 0 Å². The Hall–Kier alpha value is 0.00688. The van der Waals surface area contributed by atoms with Crippen molar-refractivity contribution in [1.82, 2.24) is 0 Å². The van der Waals surface area contributed by atoms with Crippen molar-refractivity contribution in [3.63, 3.8) is 0 Å². The number of rotatable bonds is 5. The molecule has 0 saturated heterocycles. The van der Waals surface area contributed by atoms with Crippen LogP contribution in [0.25, 0.3) is 6.08 Å². The fraction of sp³-hybridized carbons (Fsp3) is 0.579. The van der Waals surface area contributed by atoms with Crippen molar-refractivity contribution in [2.45, 2.75) is 68.6 Å². The molecule has 0 amide bonds. The van der Waals surface area contributed by atoms with E-state index >= 15 is 0 Å². The molecular formula is C19H29Cl3OSi. The predicted molar refractivity (Wildman–Crippen MR) is 112 cm³/mol. The lowest BCUT2D eigenvalue weighted by atomic mass is 10.0. The van der Waals surface area contributed by atoms with Crippen LogP contribution in [0, 0.1) is 0 Å². The Morgan fingerprint density at radius 1 is 1.00 bits per heavy atom. The van der Waals surface area contributed by atoms with Crippen molar-refractivity contribution < 1.29 is 4.43 Å². The van der Waals surface area contributed by atoms with Gasteiger partial charge in [-0.25, -0.2) is 0 Å². The van der Waals surface area contributed by atoms with E-state index in [-0.39, 0.29) is 5.04 Å². The zero-order valence-corrected chi connectivity index (χ0v) is 18.9. The van der Waals surface area contributed by atoms with Gasteiger partial charge >= 0.3 is 0 Å². The van der Waals surface area contributed by atoms with E-state index in [4.69, 9.17) is 39.2 Å². The average molecular weight is 408 g/mol. The highest BCUT2D eigenvalue weighted by Crippen LogP contribution is 2.42. The molecule has 1 atom stereocenters. The minimum atomic E-state index is -2.04. The summed E-state index contributed by atoms with van der Waals surface area (Å²) >= 11 is 18.5. The molecule has 1 aromatic carbocycles. The molecule has 5 heteroatoms. The van der Waals surface area contributed by atoms with E-state index in [2.05, 4.69) is 72.0 Å². The Morgan fingerprint density at radius 2 is 1.50 bits per heavy atom. The van der Waals surface area contributed by atoms with Crippen LogP contribution >= 0.6 is 34.8 Å². The molecule has 136 valence electrons. The van der Waals surface area contributed by atoms with Gasteiger partial charge in [-0.2, -0.15) is 0 Å². The molecule has 0 heterocycles. The van der Waals surface area contributed by atoms with Crippen molar-refractivity contribution >= 4 is 49.2 Å². The Bertz CT molecular complexity index is 551. The zero-order chi connectivity index (χ0) is 18.8. The lowest BCUT2D eigenvalue weighted by molar-refractivity contribution is 0.229. The summed E-state index contributed by atoms with van der Waals surface area (Å²) in [5.74, 6) is 0.513. The van der Waals surface area contributed by atoms with Gasteiger partial charge in [0.25, 0.3) is 0 Å². The van der Waals surface area contributed by atoms with Gasteiger partial charge in [0, 0.05) is 0 Å². The Labute approximate surface area is 163 Å². The van der Waals surface area contributed by atoms with Crippen LogP contribution in [0.2, 0.25) is 18.1 Å². The molecule has 1 unspecified atom stereocenters. The average Bonchev–Trinajstić information content (AvgIpc) is 2.41. The van der Waals surface area contributed by atoms with Crippen LogP contribution in [-0.2, 0) is 4.43 Å². The van der Waals surface area contributed by atoms with Crippen LogP contribution in [0.5, 0.6) is 0 Å². The molecule has 0 bridgehead atoms. The molecule has 0 aliphatic heterocycles. The summed E-state index contributed by atoms with van der Waals surface area (Å²) in [7, 11) is -2.04. The molecule has 1 rings (SSSR count). The van der Waals surface area contributed by atoms with Gasteiger partial charge in [-0.1, -0.05) is 106 Å². The quantitative estimate of drug-likeness (QED) is 0.361. The molecule has 0 aliphatic rings. The Balaban J connectivity index is 2.98. The van der Waals surface area contributed by atoms with E-state index < -0.39 is 18.2 Å². The molecule has 0 aromatic heterocycles. The second-order valence-electron chi connectivity index (χ2n) is 8.02. The van der Waals surface area contributed by atoms with Gasteiger partial charge in [-0.3, -0.25) is 0 Å². The molecule has 24 heavy (non-hydrogen) atoms. The van der Waals surface area contributed by atoms with Crippen LogP contribution < -0.4 is 0 Å². The second kappa shape index (κ2) is 8.14. The highest BCUT2D eigenvalue weighted by atomic mass is 35.6. The van der Waals surface area contributed by atoms with Crippen molar-refractivity contribution in [3.05, 3.63) is 41.5 Å². The van der Waals surface area contributed by atoms with Crippen LogP contribution in [0.4, 0.5) is 0 Å². The van der Waals surface area contributed by atoms with Gasteiger partial charge in [-0.05, 0) is 35.2 Å². The molecule has 0 N–H and O–H groups in total. The highest BCUT2D eigenvalue weighted by Gasteiger charge is 2.43. The first-order chi connectivity index (χ1) is 10.7. The highest BCUT2D eigenvalue weighted by molar-refractivity contribution is 6.74. The standard InChI is InChI=1S/C19H29Cl3OSi/c1-14(2)16-11-8-15(9-12-16)10-13-17(19(20,21)22)23-24(6,7)18(3,4)5/h8-14,17H,1-7H3/b13-10+. The summed E-state index contributed by atoms with van der Waals surface area (Å²) in [6.07, 6.45) is 3.25. The topological polar surface area (TPSA) is 9.23 Å². The zero-order valence-electron chi connectivity index (χ0n) is 15.7. The second-order valence-corrected chi connectivity index (χ2v) is 15.1. The predicted octanol–water partition coefficient (Wildman–Crippen LogP) is 7.58. The summed E-state index contributed by atoms with van der Waals surface area (Å²) in [5, 5.41) is 0.0495.